The summed E-state index contributed by atoms with van der Waals surface area (Å²) in [4.78, 5) is 9.98. The zero-order valence-corrected chi connectivity index (χ0v) is 6.81. The van der Waals surface area contributed by atoms with Crippen molar-refractivity contribution in [3.05, 3.63) is 49.1 Å². The van der Waals surface area contributed by atoms with Crippen molar-refractivity contribution in [2.75, 3.05) is 0 Å². The highest BCUT2D eigenvalue weighted by atomic mass is 16.4. The molecule has 64 valence electrons. The van der Waals surface area contributed by atoms with Gasteiger partial charge < -0.3 is 5.11 Å². The summed E-state index contributed by atoms with van der Waals surface area (Å²) in [6.07, 6.45) is 12.4. The summed E-state index contributed by atoms with van der Waals surface area (Å²) >= 11 is 0. The van der Waals surface area contributed by atoms with Crippen LogP contribution in [0, 0.1) is 0 Å². The summed E-state index contributed by atoms with van der Waals surface area (Å²) in [6, 6.07) is 0. The molecule has 0 aliphatic rings. The molecule has 2 nitrogen and oxygen atoms in total. The van der Waals surface area contributed by atoms with Crippen molar-refractivity contribution >= 4 is 5.97 Å². The van der Waals surface area contributed by atoms with Crippen LogP contribution in [0.15, 0.2) is 49.1 Å². The van der Waals surface area contributed by atoms with E-state index in [1.807, 2.05) is 12.2 Å². The predicted octanol–water partition coefficient (Wildman–Crippen LogP) is 2.32. The van der Waals surface area contributed by atoms with Gasteiger partial charge in [0.25, 0.3) is 0 Å². The molecule has 0 aromatic rings. The van der Waals surface area contributed by atoms with E-state index in [1.165, 1.54) is 6.08 Å². The summed E-state index contributed by atoms with van der Waals surface area (Å²) in [7, 11) is 0. The Bertz CT molecular complexity index is 222. The van der Waals surface area contributed by atoms with E-state index in [2.05, 4.69) is 6.58 Å². The van der Waals surface area contributed by atoms with Gasteiger partial charge >= 0.3 is 5.97 Å². The minimum Gasteiger partial charge on any atom is -0.478 e. The molecule has 0 bridgehead atoms. The highest BCUT2D eigenvalue weighted by Gasteiger charge is 1.78. The Morgan fingerprint density at radius 2 is 1.92 bits per heavy atom. The molecule has 0 heterocycles. The fraction of sp³-hybridized carbons (Fsp3) is 0.100. The van der Waals surface area contributed by atoms with Gasteiger partial charge in [-0.05, 0) is 6.42 Å². The van der Waals surface area contributed by atoms with Gasteiger partial charge in [-0.3, -0.25) is 0 Å². The Labute approximate surface area is 72.2 Å². The van der Waals surface area contributed by atoms with Gasteiger partial charge in [-0.1, -0.05) is 36.5 Å². The van der Waals surface area contributed by atoms with Crippen LogP contribution in [0.4, 0.5) is 0 Å². The van der Waals surface area contributed by atoms with E-state index in [1.54, 1.807) is 18.2 Å². The van der Waals surface area contributed by atoms with Gasteiger partial charge in [-0.2, -0.15) is 0 Å². The lowest BCUT2D eigenvalue weighted by molar-refractivity contribution is -0.131. The second-order valence-electron chi connectivity index (χ2n) is 2.03. The van der Waals surface area contributed by atoms with E-state index in [0.717, 1.165) is 12.5 Å². The Balaban J connectivity index is 3.62. The minimum absolute atomic E-state index is 0.826. The topological polar surface area (TPSA) is 37.3 Å². The number of hydrogen-bond donors (Lipinski definition) is 1. The number of carboxylic acid groups (broad SMARTS) is 1. The number of rotatable bonds is 5. The summed E-state index contributed by atoms with van der Waals surface area (Å²) < 4.78 is 0. The van der Waals surface area contributed by atoms with Crippen molar-refractivity contribution in [1.82, 2.24) is 0 Å². The SMILES string of the molecule is C=CC\C=C/C=C/C=C/C(=O)O. The molecule has 0 rings (SSSR count). The normalized spacial score (nSPS) is 11.7. The molecule has 1 N–H and O–H groups in total. The molecular formula is C10H12O2. The molecule has 0 aromatic heterocycles. The molecule has 12 heavy (non-hydrogen) atoms. The number of allylic oxidation sites excluding steroid dienone is 6. The first-order chi connectivity index (χ1) is 5.77. The molecule has 0 saturated carbocycles. The van der Waals surface area contributed by atoms with Crippen LogP contribution >= 0.6 is 0 Å². The van der Waals surface area contributed by atoms with E-state index < -0.39 is 5.97 Å². The van der Waals surface area contributed by atoms with Crippen molar-refractivity contribution in [3.63, 3.8) is 0 Å². The third-order valence-electron chi connectivity index (χ3n) is 1.01. The summed E-state index contributed by atoms with van der Waals surface area (Å²) in [5, 5.41) is 8.20. The van der Waals surface area contributed by atoms with Crippen molar-refractivity contribution in [3.8, 4) is 0 Å². The standard InChI is InChI=1S/C10H12O2/c1-2-3-4-5-6-7-8-9-10(11)12/h2,4-9H,1,3H2,(H,11,12)/b5-4-,7-6+,9-8+. The largest absolute Gasteiger partial charge is 0.478 e. The number of hydrogen-bond acceptors (Lipinski definition) is 1. The molecular weight excluding hydrogens is 152 g/mol. The summed E-state index contributed by atoms with van der Waals surface area (Å²) in [6.45, 7) is 3.55. The average molecular weight is 164 g/mol. The van der Waals surface area contributed by atoms with Gasteiger partial charge in [-0.15, -0.1) is 6.58 Å². The lowest BCUT2D eigenvalue weighted by Crippen LogP contribution is -1.84. The molecule has 0 radical (unpaired) electrons. The van der Waals surface area contributed by atoms with Crippen molar-refractivity contribution < 1.29 is 9.90 Å². The zero-order valence-electron chi connectivity index (χ0n) is 6.81. The van der Waals surface area contributed by atoms with Crippen molar-refractivity contribution in [2.45, 2.75) is 6.42 Å². The van der Waals surface area contributed by atoms with Gasteiger partial charge in [0.05, 0.1) is 0 Å². The third-order valence-corrected chi connectivity index (χ3v) is 1.01. The lowest BCUT2D eigenvalue weighted by atomic mass is 10.3. The van der Waals surface area contributed by atoms with Crippen molar-refractivity contribution in [1.29, 1.82) is 0 Å². The second-order valence-corrected chi connectivity index (χ2v) is 2.03. The first kappa shape index (κ1) is 10.4. The Morgan fingerprint density at radius 3 is 2.50 bits per heavy atom. The van der Waals surface area contributed by atoms with Crippen LogP contribution < -0.4 is 0 Å². The summed E-state index contributed by atoms with van der Waals surface area (Å²) in [5.74, 6) is -0.935. The molecule has 0 unspecified atom stereocenters. The maximum atomic E-state index is 9.98. The van der Waals surface area contributed by atoms with Gasteiger partial charge in [0, 0.05) is 6.08 Å². The van der Waals surface area contributed by atoms with Crippen LogP contribution in [-0.2, 0) is 4.79 Å². The zero-order chi connectivity index (χ0) is 9.23. The summed E-state index contributed by atoms with van der Waals surface area (Å²) in [5.41, 5.74) is 0. The number of carboxylic acids is 1. The molecule has 2 heteroatoms. The highest BCUT2D eigenvalue weighted by molar-refractivity contribution is 5.80. The van der Waals surface area contributed by atoms with Gasteiger partial charge in [0.15, 0.2) is 0 Å². The Kier molecular flexibility index (Phi) is 6.55. The average Bonchev–Trinajstić information content (AvgIpc) is 2.02. The monoisotopic (exact) mass is 164 g/mol. The molecule has 0 spiro atoms. The fourth-order valence-corrected chi connectivity index (χ4v) is 0.520. The first-order valence-corrected chi connectivity index (χ1v) is 3.61. The van der Waals surface area contributed by atoms with E-state index in [9.17, 15) is 4.79 Å². The van der Waals surface area contributed by atoms with Gasteiger partial charge in [-0.25, -0.2) is 4.79 Å². The van der Waals surface area contributed by atoms with Crippen LogP contribution in [0.3, 0.4) is 0 Å². The molecule has 0 aromatic carbocycles. The third kappa shape index (κ3) is 8.43. The molecule has 0 atom stereocenters. The second kappa shape index (κ2) is 7.54. The van der Waals surface area contributed by atoms with E-state index in [0.29, 0.717) is 0 Å². The quantitative estimate of drug-likeness (QED) is 0.384. The molecule has 0 amide bonds. The van der Waals surface area contributed by atoms with Crippen LogP contribution in [0.25, 0.3) is 0 Å². The number of aliphatic carboxylic acids is 1. The van der Waals surface area contributed by atoms with Crippen molar-refractivity contribution in [2.24, 2.45) is 0 Å². The van der Waals surface area contributed by atoms with E-state index >= 15 is 0 Å². The first-order valence-electron chi connectivity index (χ1n) is 3.61. The highest BCUT2D eigenvalue weighted by Crippen LogP contribution is 1.85. The van der Waals surface area contributed by atoms with Crippen LogP contribution in [-0.4, -0.2) is 11.1 Å². The number of carbonyl (C=O) groups is 1. The smallest absolute Gasteiger partial charge is 0.328 e. The molecule has 0 fully saturated rings. The Morgan fingerprint density at radius 1 is 1.25 bits per heavy atom. The molecule has 0 aliphatic carbocycles. The fourth-order valence-electron chi connectivity index (χ4n) is 0.520. The molecule has 0 saturated heterocycles. The Hall–Kier alpha value is -1.57. The van der Waals surface area contributed by atoms with Crippen LogP contribution in [0.5, 0.6) is 0 Å². The van der Waals surface area contributed by atoms with Gasteiger partial charge in [0.1, 0.15) is 0 Å². The predicted molar refractivity (Wildman–Crippen MR) is 49.9 cm³/mol. The van der Waals surface area contributed by atoms with E-state index in [-0.39, 0.29) is 0 Å². The molecule has 0 aliphatic heterocycles. The minimum atomic E-state index is -0.935. The van der Waals surface area contributed by atoms with E-state index in [4.69, 9.17) is 5.11 Å². The van der Waals surface area contributed by atoms with Gasteiger partial charge in [0.2, 0.25) is 0 Å². The maximum Gasteiger partial charge on any atom is 0.328 e. The van der Waals surface area contributed by atoms with Crippen LogP contribution in [0.1, 0.15) is 6.42 Å². The maximum absolute atomic E-state index is 9.98. The lowest BCUT2D eigenvalue weighted by Gasteiger charge is -1.76. The van der Waals surface area contributed by atoms with Crippen LogP contribution in [0.2, 0.25) is 0 Å².